The molecule has 0 spiro atoms. The summed E-state index contributed by atoms with van der Waals surface area (Å²) in [5.41, 5.74) is -1.82. The Hall–Kier alpha value is -1.11. The maximum Gasteiger partial charge on any atom is 0.419 e. The molecule has 1 aromatic carbocycles. The third-order valence-electron chi connectivity index (χ3n) is 2.49. The Morgan fingerprint density at radius 1 is 1.16 bits per heavy atom. The summed E-state index contributed by atoms with van der Waals surface area (Å²) in [5.74, 6) is -1.47. The molecule has 1 heterocycles. The highest BCUT2D eigenvalue weighted by molar-refractivity contribution is 7.16. The van der Waals surface area contributed by atoms with Gasteiger partial charge in [0.25, 0.3) is 0 Å². The van der Waals surface area contributed by atoms with Crippen molar-refractivity contribution in [3.63, 3.8) is 0 Å². The zero-order valence-corrected chi connectivity index (χ0v) is 10.8. The average molecular weight is 311 g/mol. The molecule has 0 aliphatic heterocycles. The summed E-state index contributed by atoms with van der Waals surface area (Å²) in [4.78, 5) is 0.281. The van der Waals surface area contributed by atoms with Crippen molar-refractivity contribution >= 4 is 22.9 Å². The van der Waals surface area contributed by atoms with Gasteiger partial charge in [-0.15, -0.1) is 11.3 Å². The van der Waals surface area contributed by atoms with Gasteiger partial charge < -0.3 is 5.11 Å². The van der Waals surface area contributed by atoms with Crippen molar-refractivity contribution in [3.05, 3.63) is 56.5 Å². The molecule has 0 amide bonds. The highest BCUT2D eigenvalue weighted by Gasteiger charge is 2.35. The standard InChI is InChI=1S/C12H7ClF4OS/c13-9-5-4-8(19-9)11(18)6-2-1-3-7(10(6)14)12(15,16)17/h1-5,11,18H. The number of benzene rings is 1. The number of halogens is 5. The van der Waals surface area contributed by atoms with Gasteiger partial charge in [-0.2, -0.15) is 13.2 Å². The van der Waals surface area contributed by atoms with E-state index >= 15 is 0 Å². The molecule has 7 heteroatoms. The van der Waals surface area contributed by atoms with E-state index in [4.69, 9.17) is 11.6 Å². The van der Waals surface area contributed by atoms with Gasteiger partial charge in [0.15, 0.2) is 0 Å². The Kier molecular flexibility index (Phi) is 3.85. The molecule has 0 aliphatic carbocycles. The molecular formula is C12H7ClF4OS. The van der Waals surface area contributed by atoms with Gasteiger partial charge in [-0.25, -0.2) is 4.39 Å². The molecule has 2 aromatic rings. The first-order valence-corrected chi connectivity index (χ1v) is 6.29. The Morgan fingerprint density at radius 3 is 2.37 bits per heavy atom. The molecule has 1 N–H and O–H groups in total. The summed E-state index contributed by atoms with van der Waals surface area (Å²) in [6, 6.07) is 5.73. The molecule has 0 radical (unpaired) electrons. The fourth-order valence-electron chi connectivity index (χ4n) is 1.61. The van der Waals surface area contributed by atoms with Gasteiger partial charge in [0, 0.05) is 10.4 Å². The van der Waals surface area contributed by atoms with E-state index < -0.39 is 29.2 Å². The van der Waals surface area contributed by atoms with Gasteiger partial charge in [-0.3, -0.25) is 0 Å². The second-order valence-corrected chi connectivity index (χ2v) is 5.50. The van der Waals surface area contributed by atoms with Crippen molar-refractivity contribution in [2.45, 2.75) is 12.3 Å². The lowest BCUT2D eigenvalue weighted by Crippen LogP contribution is -2.11. The summed E-state index contributed by atoms with van der Waals surface area (Å²) in [5, 5.41) is 9.92. The van der Waals surface area contributed by atoms with Crippen molar-refractivity contribution in [2.24, 2.45) is 0 Å². The van der Waals surface area contributed by atoms with Crippen molar-refractivity contribution in [1.29, 1.82) is 0 Å². The molecule has 0 fully saturated rings. The Morgan fingerprint density at radius 2 is 1.84 bits per heavy atom. The van der Waals surface area contributed by atoms with Crippen molar-refractivity contribution < 1.29 is 22.7 Å². The largest absolute Gasteiger partial charge is 0.419 e. The second-order valence-electron chi connectivity index (χ2n) is 3.75. The second kappa shape index (κ2) is 5.11. The number of thiophene rings is 1. The first-order chi connectivity index (χ1) is 8.80. The van der Waals surface area contributed by atoms with E-state index in [9.17, 15) is 22.7 Å². The smallest absolute Gasteiger partial charge is 0.383 e. The quantitative estimate of drug-likeness (QED) is 0.801. The third-order valence-corrected chi connectivity index (χ3v) is 3.78. The number of aliphatic hydroxyl groups is 1. The van der Waals surface area contributed by atoms with Gasteiger partial charge in [-0.05, 0) is 18.2 Å². The van der Waals surface area contributed by atoms with Crippen LogP contribution in [-0.2, 0) is 6.18 Å². The molecule has 0 saturated heterocycles. The minimum Gasteiger partial charge on any atom is -0.383 e. The molecular weight excluding hydrogens is 304 g/mol. The molecule has 1 nitrogen and oxygen atoms in total. The van der Waals surface area contributed by atoms with Gasteiger partial charge in [-0.1, -0.05) is 23.7 Å². The van der Waals surface area contributed by atoms with Crippen molar-refractivity contribution in [2.75, 3.05) is 0 Å². The summed E-state index contributed by atoms with van der Waals surface area (Å²) in [6.07, 6.45) is -6.27. The molecule has 2 rings (SSSR count). The molecule has 1 atom stereocenters. The highest BCUT2D eigenvalue weighted by Crippen LogP contribution is 2.37. The maximum atomic E-state index is 13.8. The number of aliphatic hydroxyl groups excluding tert-OH is 1. The lowest BCUT2D eigenvalue weighted by Gasteiger charge is -2.14. The molecule has 102 valence electrons. The van der Waals surface area contributed by atoms with E-state index in [0.717, 1.165) is 23.5 Å². The van der Waals surface area contributed by atoms with Crippen molar-refractivity contribution in [3.8, 4) is 0 Å². The number of hydrogen-bond donors (Lipinski definition) is 1. The van der Waals surface area contributed by atoms with Crippen LogP contribution < -0.4 is 0 Å². The van der Waals surface area contributed by atoms with Gasteiger partial charge in [0.05, 0.1) is 9.90 Å². The predicted molar refractivity (Wildman–Crippen MR) is 64.8 cm³/mol. The van der Waals surface area contributed by atoms with Crippen LogP contribution in [0, 0.1) is 5.82 Å². The van der Waals surface area contributed by atoms with Crippen molar-refractivity contribution in [1.82, 2.24) is 0 Å². The first kappa shape index (κ1) is 14.3. The Labute approximate surface area is 115 Å². The van der Waals surface area contributed by atoms with Crippen LogP contribution in [0.1, 0.15) is 22.1 Å². The first-order valence-electron chi connectivity index (χ1n) is 5.09. The topological polar surface area (TPSA) is 20.2 Å². The molecule has 19 heavy (non-hydrogen) atoms. The van der Waals surface area contributed by atoms with Crippen LogP contribution in [0.2, 0.25) is 4.34 Å². The normalized spacial score (nSPS) is 13.6. The Balaban J connectivity index is 2.46. The third kappa shape index (κ3) is 2.91. The zero-order chi connectivity index (χ0) is 14.2. The molecule has 1 aromatic heterocycles. The summed E-state index contributed by atoms with van der Waals surface area (Å²) >= 11 is 6.65. The molecule has 1 unspecified atom stereocenters. The number of alkyl halides is 3. The van der Waals surface area contributed by atoms with Crippen LogP contribution in [-0.4, -0.2) is 5.11 Å². The van der Waals surface area contributed by atoms with Gasteiger partial charge in [0.2, 0.25) is 0 Å². The van der Waals surface area contributed by atoms with Crippen LogP contribution in [0.15, 0.2) is 30.3 Å². The van der Waals surface area contributed by atoms with E-state index in [1.54, 1.807) is 0 Å². The summed E-state index contributed by atoms with van der Waals surface area (Å²) in [7, 11) is 0. The van der Waals surface area contributed by atoms with E-state index in [1.807, 2.05) is 0 Å². The zero-order valence-electron chi connectivity index (χ0n) is 9.21. The van der Waals surface area contributed by atoms with Crippen LogP contribution in [0.3, 0.4) is 0 Å². The van der Waals surface area contributed by atoms with E-state index in [2.05, 4.69) is 0 Å². The number of hydrogen-bond acceptors (Lipinski definition) is 2. The van der Waals surface area contributed by atoms with Crippen LogP contribution in [0.25, 0.3) is 0 Å². The molecule has 0 bridgehead atoms. The van der Waals surface area contributed by atoms with E-state index in [0.29, 0.717) is 10.4 Å². The maximum absolute atomic E-state index is 13.8. The van der Waals surface area contributed by atoms with Gasteiger partial charge >= 0.3 is 6.18 Å². The predicted octanol–water partition coefficient (Wildman–Crippen LogP) is 4.64. The summed E-state index contributed by atoms with van der Waals surface area (Å²) < 4.78 is 51.8. The van der Waals surface area contributed by atoms with Crippen LogP contribution in [0.5, 0.6) is 0 Å². The van der Waals surface area contributed by atoms with Crippen LogP contribution in [0.4, 0.5) is 17.6 Å². The fraction of sp³-hybridized carbons (Fsp3) is 0.167. The SMILES string of the molecule is OC(c1ccc(Cl)s1)c1cccc(C(F)(F)F)c1F. The summed E-state index contributed by atoms with van der Waals surface area (Å²) in [6.45, 7) is 0. The van der Waals surface area contributed by atoms with E-state index in [1.165, 1.54) is 12.1 Å². The highest BCUT2D eigenvalue weighted by atomic mass is 35.5. The molecule has 0 aliphatic rings. The minimum absolute atomic E-state index is 0.281. The fourth-order valence-corrected chi connectivity index (χ4v) is 2.67. The lowest BCUT2D eigenvalue weighted by molar-refractivity contribution is -0.140. The van der Waals surface area contributed by atoms with E-state index in [-0.39, 0.29) is 4.88 Å². The average Bonchev–Trinajstić information content (AvgIpc) is 2.74. The monoisotopic (exact) mass is 310 g/mol. The minimum atomic E-state index is -4.80. The van der Waals surface area contributed by atoms with Gasteiger partial charge in [0.1, 0.15) is 11.9 Å². The lowest BCUT2D eigenvalue weighted by atomic mass is 10.0. The van der Waals surface area contributed by atoms with Crippen LogP contribution >= 0.6 is 22.9 Å². The Bertz CT molecular complexity index is 594. The number of rotatable bonds is 2. The molecule has 0 saturated carbocycles.